The van der Waals surface area contributed by atoms with Crippen LogP contribution in [0.25, 0.3) is 0 Å². The van der Waals surface area contributed by atoms with Crippen LogP contribution in [0, 0.1) is 0 Å². The van der Waals surface area contributed by atoms with Gasteiger partial charge in [-0.05, 0) is 17.7 Å². The Hall–Kier alpha value is -1.62. The number of carbonyl (C=O) groups excluding carboxylic acids is 1. The molecule has 0 atom stereocenters. The summed E-state index contributed by atoms with van der Waals surface area (Å²) in [6, 6.07) is 11.9. The van der Waals surface area contributed by atoms with E-state index < -0.39 is 11.7 Å². The fourth-order valence-electron chi connectivity index (χ4n) is 1.88. The lowest BCUT2D eigenvalue weighted by atomic mass is 9.98. The van der Waals surface area contributed by atoms with E-state index in [9.17, 15) is 18.0 Å². The molecule has 0 fully saturated rings. The minimum atomic E-state index is -4.42. The third kappa shape index (κ3) is 3.10. The van der Waals surface area contributed by atoms with E-state index >= 15 is 0 Å². The van der Waals surface area contributed by atoms with Gasteiger partial charge >= 0.3 is 6.18 Å². The normalized spacial score (nSPS) is 11.4. The highest BCUT2D eigenvalue weighted by Gasteiger charge is 2.33. The number of ketones is 1. The van der Waals surface area contributed by atoms with Crippen LogP contribution in [0.3, 0.4) is 0 Å². The Bertz CT molecular complexity index is 621. The molecule has 0 radical (unpaired) electrons. The van der Waals surface area contributed by atoms with Crippen molar-refractivity contribution >= 4 is 21.7 Å². The van der Waals surface area contributed by atoms with Gasteiger partial charge in [-0.25, -0.2) is 0 Å². The number of halogens is 4. The molecule has 2 aromatic rings. The molecule has 0 amide bonds. The third-order valence-electron chi connectivity index (χ3n) is 2.85. The number of benzene rings is 2. The zero-order chi connectivity index (χ0) is 14.8. The van der Waals surface area contributed by atoms with Gasteiger partial charge in [0.05, 0.1) is 5.56 Å². The second kappa shape index (κ2) is 5.79. The van der Waals surface area contributed by atoms with Crippen molar-refractivity contribution in [2.24, 2.45) is 0 Å². The first-order chi connectivity index (χ1) is 9.43. The molecule has 0 bridgehead atoms. The van der Waals surface area contributed by atoms with Crippen LogP contribution in [0.4, 0.5) is 13.2 Å². The highest BCUT2D eigenvalue weighted by molar-refractivity contribution is 9.08. The quantitative estimate of drug-likeness (QED) is 0.576. The second-order valence-electron chi connectivity index (χ2n) is 4.20. The molecule has 0 spiro atoms. The van der Waals surface area contributed by atoms with Crippen molar-refractivity contribution in [3.8, 4) is 0 Å². The summed E-state index contributed by atoms with van der Waals surface area (Å²) in [6.45, 7) is 0. The predicted molar refractivity (Wildman–Crippen MR) is 73.9 cm³/mol. The van der Waals surface area contributed by atoms with E-state index in [1.165, 1.54) is 12.1 Å². The SMILES string of the molecule is O=C(c1ccccc1)c1ccc(C(F)(F)F)c(CBr)c1. The smallest absolute Gasteiger partial charge is 0.289 e. The first kappa shape index (κ1) is 14.8. The van der Waals surface area contributed by atoms with E-state index in [0.29, 0.717) is 5.56 Å². The number of rotatable bonds is 3. The van der Waals surface area contributed by atoms with Crippen LogP contribution in [0.15, 0.2) is 48.5 Å². The minimum absolute atomic E-state index is 0.0394. The standard InChI is InChI=1S/C15H10BrF3O/c16-9-12-8-11(6-7-13(12)15(17,18)19)14(20)10-4-2-1-3-5-10/h1-8H,9H2. The first-order valence-corrected chi connectivity index (χ1v) is 6.91. The number of alkyl halides is 4. The molecule has 0 saturated heterocycles. The molecule has 0 heterocycles. The van der Waals surface area contributed by atoms with Crippen LogP contribution < -0.4 is 0 Å². The maximum absolute atomic E-state index is 12.8. The van der Waals surface area contributed by atoms with E-state index in [4.69, 9.17) is 0 Å². The topological polar surface area (TPSA) is 17.1 Å². The molecular weight excluding hydrogens is 333 g/mol. The molecule has 5 heteroatoms. The van der Waals surface area contributed by atoms with Gasteiger partial charge in [0.1, 0.15) is 0 Å². The Balaban J connectivity index is 2.43. The van der Waals surface area contributed by atoms with Crippen molar-refractivity contribution in [3.63, 3.8) is 0 Å². The second-order valence-corrected chi connectivity index (χ2v) is 4.76. The molecule has 2 aromatic carbocycles. The number of carbonyl (C=O) groups is 1. The van der Waals surface area contributed by atoms with Gasteiger partial charge < -0.3 is 0 Å². The average molecular weight is 343 g/mol. The van der Waals surface area contributed by atoms with Gasteiger partial charge in [-0.15, -0.1) is 0 Å². The Morgan fingerprint density at radius 3 is 2.20 bits per heavy atom. The molecule has 0 N–H and O–H groups in total. The Morgan fingerprint density at radius 2 is 1.65 bits per heavy atom. The Morgan fingerprint density at radius 1 is 1.00 bits per heavy atom. The zero-order valence-corrected chi connectivity index (χ0v) is 11.8. The fraction of sp³-hybridized carbons (Fsp3) is 0.133. The number of hydrogen-bond donors (Lipinski definition) is 0. The monoisotopic (exact) mass is 342 g/mol. The summed E-state index contributed by atoms with van der Waals surface area (Å²) >= 11 is 3.03. The summed E-state index contributed by atoms with van der Waals surface area (Å²) in [5.74, 6) is -0.290. The lowest BCUT2D eigenvalue weighted by Crippen LogP contribution is -2.10. The van der Waals surface area contributed by atoms with Gasteiger partial charge in [0, 0.05) is 16.5 Å². The lowest BCUT2D eigenvalue weighted by molar-refractivity contribution is -0.138. The van der Waals surface area contributed by atoms with Crippen LogP contribution >= 0.6 is 15.9 Å². The largest absolute Gasteiger partial charge is 0.416 e. The molecule has 0 aromatic heterocycles. The van der Waals surface area contributed by atoms with Crippen LogP contribution in [-0.2, 0) is 11.5 Å². The average Bonchev–Trinajstić information content (AvgIpc) is 2.45. The van der Waals surface area contributed by atoms with Crippen LogP contribution in [0.2, 0.25) is 0 Å². The van der Waals surface area contributed by atoms with Crippen molar-refractivity contribution in [2.45, 2.75) is 11.5 Å². The van der Waals surface area contributed by atoms with E-state index in [2.05, 4.69) is 15.9 Å². The van der Waals surface area contributed by atoms with E-state index in [1.54, 1.807) is 30.3 Å². The number of hydrogen-bond acceptors (Lipinski definition) is 1. The molecule has 104 valence electrons. The third-order valence-corrected chi connectivity index (χ3v) is 3.46. The summed E-state index contributed by atoms with van der Waals surface area (Å²) in [6.07, 6.45) is -4.42. The fourth-order valence-corrected chi connectivity index (χ4v) is 2.34. The molecule has 0 aliphatic heterocycles. The summed E-state index contributed by atoms with van der Waals surface area (Å²) in [5.41, 5.74) is 0.0321. The van der Waals surface area contributed by atoms with Crippen molar-refractivity contribution in [1.82, 2.24) is 0 Å². The molecule has 20 heavy (non-hydrogen) atoms. The van der Waals surface area contributed by atoms with Crippen molar-refractivity contribution < 1.29 is 18.0 Å². The highest BCUT2D eigenvalue weighted by Crippen LogP contribution is 2.33. The molecule has 0 aliphatic carbocycles. The van der Waals surface area contributed by atoms with Gasteiger partial charge in [-0.1, -0.05) is 52.3 Å². The molecular formula is C15H10BrF3O. The van der Waals surface area contributed by atoms with Crippen LogP contribution in [0.1, 0.15) is 27.0 Å². The van der Waals surface area contributed by atoms with E-state index in [0.717, 1.165) is 6.07 Å². The Labute approximate surface area is 122 Å². The van der Waals surface area contributed by atoms with Gasteiger partial charge in [0.25, 0.3) is 0 Å². The Kier molecular flexibility index (Phi) is 4.28. The van der Waals surface area contributed by atoms with Crippen LogP contribution in [0.5, 0.6) is 0 Å². The van der Waals surface area contributed by atoms with Gasteiger partial charge in [-0.3, -0.25) is 4.79 Å². The van der Waals surface area contributed by atoms with Crippen molar-refractivity contribution in [2.75, 3.05) is 0 Å². The summed E-state index contributed by atoms with van der Waals surface area (Å²) in [4.78, 5) is 12.2. The summed E-state index contributed by atoms with van der Waals surface area (Å²) in [5, 5.41) is 0.0394. The maximum Gasteiger partial charge on any atom is 0.416 e. The van der Waals surface area contributed by atoms with Gasteiger partial charge in [0.15, 0.2) is 5.78 Å². The molecule has 0 saturated carbocycles. The molecule has 0 aliphatic rings. The molecule has 0 unspecified atom stereocenters. The summed E-state index contributed by atoms with van der Waals surface area (Å²) in [7, 11) is 0. The zero-order valence-electron chi connectivity index (χ0n) is 10.2. The first-order valence-electron chi connectivity index (χ1n) is 5.79. The van der Waals surface area contributed by atoms with E-state index in [1.807, 2.05) is 0 Å². The molecule has 1 nitrogen and oxygen atoms in total. The van der Waals surface area contributed by atoms with E-state index in [-0.39, 0.29) is 22.2 Å². The minimum Gasteiger partial charge on any atom is -0.289 e. The van der Waals surface area contributed by atoms with Crippen molar-refractivity contribution in [1.29, 1.82) is 0 Å². The maximum atomic E-state index is 12.8. The summed E-state index contributed by atoms with van der Waals surface area (Å²) < 4.78 is 38.4. The molecule has 2 rings (SSSR count). The predicted octanol–water partition coefficient (Wildman–Crippen LogP) is 4.83. The van der Waals surface area contributed by atoms with Gasteiger partial charge in [-0.2, -0.15) is 13.2 Å². The highest BCUT2D eigenvalue weighted by atomic mass is 79.9. The van der Waals surface area contributed by atoms with Gasteiger partial charge in [0.2, 0.25) is 0 Å². The van der Waals surface area contributed by atoms with Crippen molar-refractivity contribution in [3.05, 3.63) is 70.8 Å². The lowest BCUT2D eigenvalue weighted by Gasteiger charge is -2.12. The van der Waals surface area contributed by atoms with Crippen LogP contribution in [-0.4, -0.2) is 5.78 Å².